The van der Waals surface area contributed by atoms with Gasteiger partial charge in [0.15, 0.2) is 0 Å². The molecule has 4 rings (SSSR count). The molecular formula is C20H24Cl2N4O2S. The van der Waals surface area contributed by atoms with Gasteiger partial charge in [-0.25, -0.2) is 8.42 Å². The van der Waals surface area contributed by atoms with Crippen molar-refractivity contribution in [2.75, 3.05) is 43.4 Å². The molecule has 1 saturated heterocycles. The fourth-order valence-corrected chi connectivity index (χ4v) is 4.98. The Balaban J connectivity index is 0.00000150. The molecule has 2 N–H and O–H groups in total. The van der Waals surface area contributed by atoms with E-state index in [0.29, 0.717) is 5.69 Å². The van der Waals surface area contributed by atoms with Crippen molar-refractivity contribution in [1.29, 1.82) is 0 Å². The van der Waals surface area contributed by atoms with Crippen molar-refractivity contribution in [3.63, 3.8) is 0 Å². The number of hydrogen-bond donors (Lipinski definition) is 2. The molecule has 3 aromatic rings. The Morgan fingerprint density at radius 3 is 2.34 bits per heavy atom. The number of fused-ring (bicyclic) bond motifs is 1. The summed E-state index contributed by atoms with van der Waals surface area (Å²) in [5, 5.41) is 7.25. The third-order valence-corrected chi connectivity index (χ3v) is 6.67. The number of piperazine rings is 1. The maximum absolute atomic E-state index is 13.1. The van der Waals surface area contributed by atoms with Crippen molar-refractivity contribution in [3.05, 3.63) is 54.7 Å². The number of halogens is 2. The van der Waals surface area contributed by atoms with Gasteiger partial charge >= 0.3 is 0 Å². The van der Waals surface area contributed by atoms with Crippen LogP contribution in [0.1, 0.15) is 0 Å². The molecule has 9 heteroatoms. The van der Waals surface area contributed by atoms with Crippen molar-refractivity contribution < 1.29 is 8.42 Å². The van der Waals surface area contributed by atoms with E-state index in [9.17, 15) is 8.42 Å². The number of nitrogens with zero attached hydrogens (tertiary/aromatic N) is 2. The SMILES string of the molecule is CNc1c(S(=O)(=O)c2ccccc2)cnc2c(N3CCNCC3)cccc12.Cl.Cl. The van der Waals surface area contributed by atoms with Gasteiger partial charge in [0, 0.05) is 44.8 Å². The summed E-state index contributed by atoms with van der Waals surface area (Å²) in [4.78, 5) is 7.32. The Morgan fingerprint density at radius 1 is 1.00 bits per heavy atom. The zero-order valence-electron chi connectivity index (χ0n) is 16.0. The second kappa shape index (κ2) is 9.63. The maximum atomic E-state index is 13.1. The Kier molecular flexibility index (Phi) is 7.71. The van der Waals surface area contributed by atoms with Crippen molar-refractivity contribution >= 4 is 56.9 Å². The van der Waals surface area contributed by atoms with Crippen molar-refractivity contribution in [3.8, 4) is 0 Å². The molecule has 0 radical (unpaired) electrons. The highest BCUT2D eigenvalue weighted by Crippen LogP contribution is 2.36. The summed E-state index contributed by atoms with van der Waals surface area (Å²) in [5.41, 5.74) is 2.44. The zero-order chi connectivity index (χ0) is 18.9. The number of anilines is 2. The van der Waals surface area contributed by atoms with Crippen LogP contribution in [-0.2, 0) is 9.84 Å². The summed E-state index contributed by atoms with van der Waals surface area (Å²) in [6.45, 7) is 3.66. The minimum atomic E-state index is -3.66. The first-order valence-corrected chi connectivity index (χ1v) is 10.5. The minimum absolute atomic E-state index is 0. The van der Waals surface area contributed by atoms with Crippen LogP contribution in [-0.4, -0.2) is 46.6 Å². The number of pyridine rings is 1. The average molecular weight is 455 g/mol. The smallest absolute Gasteiger partial charge is 0.210 e. The van der Waals surface area contributed by atoms with Crippen LogP contribution >= 0.6 is 24.8 Å². The van der Waals surface area contributed by atoms with Crippen LogP contribution < -0.4 is 15.5 Å². The largest absolute Gasteiger partial charge is 0.386 e. The average Bonchev–Trinajstić information content (AvgIpc) is 2.73. The van der Waals surface area contributed by atoms with E-state index in [1.807, 2.05) is 18.2 Å². The van der Waals surface area contributed by atoms with E-state index in [0.717, 1.165) is 42.8 Å². The molecule has 0 atom stereocenters. The van der Waals surface area contributed by atoms with Gasteiger partial charge in [0.2, 0.25) is 9.84 Å². The Hall–Kier alpha value is -2.06. The lowest BCUT2D eigenvalue weighted by Gasteiger charge is -2.30. The van der Waals surface area contributed by atoms with Crippen LogP contribution in [0.15, 0.2) is 64.5 Å². The summed E-state index contributed by atoms with van der Waals surface area (Å²) in [7, 11) is -1.91. The van der Waals surface area contributed by atoms with E-state index >= 15 is 0 Å². The molecule has 1 aromatic heterocycles. The number of rotatable bonds is 4. The highest BCUT2D eigenvalue weighted by atomic mass is 35.5. The fraction of sp³-hybridized carbons (Fsp3) is 0.250. The van der Waals surface area contributed by atoms with Gasteiger partial charge in [0.05, 0.1) is 21.8 Å². The van der Waals surface area contributed by atoms with E-state index in [1.54, 1.807) is 37.4 Å². The van der Waals surface area contributed by atoms with Crippen LogP contribution in [0.3, 0.4) is 0 Å². The summed E-state index contributed by atoms with van der Waals surface area (Å²) in [5.74, 6) is 0. The molecule has 156 valence electrons. The lowest BCUT2D eigenvalue weighted by atomic mass is 10.1. The number of aromatic nitrogens is 1. The molecule has 0 spiro atoms. The number of sulfone groups is 1. The minimum Gasteiger partial charge on any atom is -0.386 e. The van der Waals surface area contributed by atoms with Gasteiger partial charge in [-0.2, -0.15) is 0 Å². The van der Waals surface area contributed by atoms with Gasteiger partial charge in [0.25, 0.3) is 0 Å². The molecule has 6 nitrogen and oxygen atoms in total. The Labute approximate surface area is 183 Å². The van der Waals surface area contributed by atoms with Crippen molar-refractivity contribution in [2.24, 2.45) is 0 Å². The predicted molar refractivity (Wildman–Crippen MR) is 123 cm³/mol. The van der Waals surface area contributed by atoms with Crippen molar-refractivity contribution in [2.45, 2.75) is 9.79 Å². The highest BCUT2D eigenvalue weighted by Gasteiger charge is 2.24. The van der Waals surface area contributed by atoms with Gasteiger partial charge in [-0.05, 0) is 18.2 Å². The third-order valence-electron chi connectivity index (χ3n) is 4.89. The molecule has 2 heterocycles. The predicted octanol–water partition coefficient (Wildman–Crippen LogP) is 3.36. The van der Waals surface area contributed by atoms with E-state index in [1.165, 1.54) is 6.20 Å². The molecule has 0 aliphatic carbocycles. The second-order valence-electron chi connectivity index (χ2n) is 6.47. The molecule has 0 bridgehead atoms. The van der Waals surface area contributed by atoms with Gasteiger partial charge in [0.1, 0.15) is 4.90 Å². The quantitative estimate of drug-likeness (QED) is 0.629. The van der Waals surface area contributed by atoms with Gasteiger partial charge < -0.3 is 15.5 Å². The lowest BCUT2D eigenvalue weighted by Crippen LogP contribution is -2.43. The zero-order valence-corrected chi connectivity index (χ0v) is 18.4. The first kappa shape index (κ1) is 23.2. The molecular weight excluding hydrogens is 431 g/mol. The van der Waals surface area contributed by atoms with Gasteiger partial charge in [-0.1, -0.05) is 30.3 Å². The van der Waals surface area contributed by atoms with Crippen LogP contribution in [0.5, 0.6) is 0 Å². The maximum Gasteiger partial charge on any atom is 0.210 e. The third kappa shape index (κ3) is 4.28. The molecule has 0 saturated carbocycles. The second-order valence-corrected chi connectivity index (χ2v) is 8.39. The first-order valence-electron chi connectivity index (χ1n) is 8.98. The topological polar surface area (TPSA) is 74.3 Å². The number of hydrogen-bond acceptors (Lipinski definition) is 6. The standard InChI is InChI=1S/C20H22N4O2S.2ClH/c1-21-20-16-8-5-9-17(24-12-10-22-11-13-24)19(16)23-14-18(20)27(25,26)15-6-3-2-4-7-15;;/h2-9,14,22H,10-13H2,1H3,(H,21,23);2*1H. The molecule has 0 amide bonds. The number of nitrogens with one attached hydrogen (secondary N) is 2. The molecule has 0 unspecified atom stereocenters. The van der Waals surface area contributed by atoms with Gasteiger partial charge in [-0.15, -0.1) is 24.8 Å². The van der Waals surface area contributed by atoms with E-state index < -0.39 is 9.84 Å². The molecule has 2 aromatic carbocycles. The van der Waals surface area contributed by atoms with E-state index in [-0.39, 0.29) is 34.6 Å². The molecule has 1 aliphatic rings. The van der Waals surface area contributed by atoms with E-state index in [4.69, 9.17) is 0 Å². The Bertz CT molecular complexity index is 1070. The molecule has 1 fully saturated rings. The summed E-state index contributed by atoms with van der Waals surface area (Å²) < 4.78 is 26.3. The van der Waals surface area contributed by atoms with E-state index in [2.05, 4.69) is 20.5 Å². The monoisotopic (exact) mass is 454 g/mol. The Morgan fingerprint density at radius 2 is 1.69 bits per heavy atom. The lowest BCUT2D eigenvalue weighted by molar-refractivity contribution is 0.590. The molecule has 1 aliphatic heterocycles. The first-order chi connectivity index (χ1) is 13.1. The normalized spacial score (nSPS) is 14.0. The number of para-hydroxylation sites is 1. The van der Waals surface area contributed by atoms with Crippen LogP contribution in [0.25, 0.3) is 10.9 Å². The fourth-order valence-electron chi connectivity index (χ4n) is 3.54. The van der Waals surface area contributed by atoms with Gasteiger partial charge in [-0.3, -0.25) is 4.98 Å². The van der Waals surface area contributed by atoms with Crippen molar-refractivity contribution in [1.82, 2.24) is 10.3 Å². The van der Waals surface area contributed by atoms with Crippen LogP contribution in [0.2, 0.25) is 0 Å². The van der Waals surface area contributed by atoms with Crippen LogP contribution in [0, 0.1) is 0 Å². The van der Waals surface area contributed by atoms with Crippen LogP contribution in [0.4, 0.5) is 11.4 Å². The highest BCUT2D eigenvalue weighted by molar-refractivity contribution is 7.91. The summed E-state index contributed by atoms with van der Waals surface area (Å²) in [6.07, 6.45) is 1.47. The number of benzene rings is 2. The summed E-state index contributed by atoms with van der Waals surface area (Å²) in [6, 6.07) is 14.4. The summed E-state index contributed by atoms with van der Waals surface area (Å²) >= 11 is 0. The molecule has 29 heavy (non-hydrogen) atoms.